The van der Waals surface area contributed by atoms with Crippen LogP contribution in [0.2, 0.25) is 0 Å². The van der Waals surface area contributed by atoms with Crippen molar-refractivity contribution in [2.45, 2.75) is 32.6 Å². The number of anilines is 1. The van der Waals surface area contributed by atoms with Crippen molar-refractivity contribution < 1.29 is 0 Å². The van der Waals surface area contributed by atoms with Gasteiger partial charge in [-0.1, -0.05) is 39.0 Å². The Hall–Kier alpha value is -2.21. The van der Waals surface area contributed by atoms with E-state index < -0.39 is 0 Å². The van der Waals surface area contributed by atoms with Crippen LogP contribution in [0, 0.1) is 4.77 Å². The molecule has 0 bridgehead atoms. The molecule has 0 unspecified atom stereocenters. The molecule has 1 N–H and O–H groups in total. The van der Waals surface area contributed by atoms with Gasteiger partial charge in [-0.2, -0.15) is 14.9 Å². The topological polar surface area (TPSA) is 49.2 Å². The second kappa shape index (κ2) is 5.77. The first kappa shape index (κ1) is 15.7. The second-order valence-corrected chi connectivity index (χ2v) is 6.51. The molecule has 1 aliphatic rings. The first-order chi connectivity index (χ1) is 11.0. The number of nitrogens with zero attached hydrogens (tertiary/aromatic N) is 4. The number of benzene rings is 1. The summed E-state index contributed by atoms with van der Waals surface area (Å²) >= 11 is 5.21. The molecule has 1 aliphatic heterocycles. The molecule has 6 heteroatoms. The quantitative estimate of drug-likeness (QED) is 0.691. The minimum atomic E-state index is -0.0528. The highest BCUT2D eigenvalue weighted by Crippen LogP contribution is 2.46. The van der Waals surface area contributed by atoms with Crippen LogP contribution < -0.4 is 4.90 Å². The number of allylic oxidation sites excluding steroid dienone is 2. The van der Waals surface area contributed by atoms with E-state index in [0.29, 0.717) is 4.77 Å². The van der Waals surface area contributed by atoms with Gasteiger partial charge in [-0.25, -0.2) is 0 Å². The fourth-order valence-electron chi connectivity index (χ4n) is 3.14. The summed E-state index contributed by atoms with van der Waals surface area (Å²) in [5, 5.41) is 11.4. The number of H-pyrrole nitrogens is 1. The Morgan fingerprint density at radius 1 is 1.35 bits per heavy atom. The molecular formula is C17H21N5S. The summed E-state index contributed by atoms with van der Waals surface area (Å²) in [6, 6.07) is 8.49. The average molecular weight is 327 g/mol. The van der Waals surface area contributed by atoms with Crippen LogP contribution in [0.1, 0.15) is 32.2 Å². The number of aromatic amines is 1. The molecule has 0 spiro atoms. The molecule has 2 aromatic rings. The number of hydrogen-bond donors (Lipinski definition) is 1. The van der Waals surface area contributed by atoms with Crippen molar-refractivity contribution in [2.75, 3.05) is 11.9 Å². The zero-order valence-corrected chi connectivity index (χ0v) is 14.7. The van der Waals surface area contributed by atoms with Crippen molar-refractivity contribution in [3.63, 3.8) is 0 Å². The highest BCUT2D eigenvalue weighted by atomic mass is 32.1. The van der Waals surface area contributed by atoms with Crippen molar-refractivity contribution in [3.8, 4) is 0 Å². The van der Waals surface area contributed by atoms with Crippen LogP contribution in [0.15, 0.2) is 41.1 Å². The predicted molar refractivity (Wildman–Crippen MR) is 96.6 cm³/mol. The highest BCUT2D eigenvalue weighted by molar-refractivity contribution is 7.71. The Morgan fingerprint density at radius 2 is 2.09 bits per heavy atom. The Labute approximate surface area is 141 Å². The number of nitrogens with one attached hydrogen (secondary N) is 1. The van der Waals surface area contributed by atoms with E-state index in [1.54, 1.807) is 10.9 Å². The van der Waals surface area contributed by atoms with Gasteiger partial charge in [0.05, 0.1) is 0 Å². The summed E-state index contributed by atoms with van der Waals surface area (Å²) in [6.07, 6.45) is 4.62. The summed E-state index contributed by atoms with van der Waals surface area (Å²) < 4.78 is 2.18. The summed E-state index contributed by atoms with van der Waals surface area (Å²) in [4.78, 5) is 2.22. The smallest absolute Gasteiger partial charge is 0.216 e. The van der Waals surface area contributed by atoms with E-state index in [0.717, 1.165) is 12.2 Å². The Morgan fingerprint density at radius 3 is 2.78 bits per heavy atom. The van der Waals surface area contributed by atoms with E-state index in [-0.39, 0.29) is 5.41 Å². The van der Waals surface area contributed by atoms with Gasteiger partial charge in [0.1, 0.15) is 0 Å². The maximum Gasteiger partial charge on any atom is 0.216 e. The summed E-state index contributed by atoms with van der Waals surface area (Å²) in [6.45, 7) is 6.49. The maximum absolute atomic E-state index is 5.21. The van der Waals surface area contributed by atoms with Gasteiger partial charge in [-0.05, 0) is 29.9 Å². The second-order valence-electron chi connectivity index (χ2n) is 6.13. The van der Waals surface area contributed by atoms with Crippen molar-refractivity contribution in [2.24, 2.45) is 5.10 Å². The fourth-order valence-corrected chi connectivity index (χ4v) is 3.34. The summed E-state index contributed by atoms with van der Waals surface area (Å²) in [7, 11) is 2.09. The number of aryl methyl sites for hydroxylation is 1. The van der Waals surface area contributed by atoms with Crippen LogP contribution in [-0.4, -0.2) is 28.1 Å². The maximum atomic E-state index is 5.21. The molecule has 0 fully saturated rings. The van der Waals surface area contributed by atoms with Crippen molar-refractivity contribution in [1.29, 1.82) is 0 Å². The standard InChI is InChI=1S/C17H21N5S/c1-5-15-19-20-16(23)22(15)18-11-10-14-17(2,3)12-8-6-7-9-13(12)21(14)4/h6-11H,5H2,1-4H3,(H,20,23)/b14-10-,18-11+. The molecule has 1 aromatic heterocycles. The van der Waals surface area contributed by atoms with E-state index in [9.17, 15) is 0 Å². The minimum Gasteiger partial charge on any atom is -0.347 e. The van der Waals surface area contributed by atoms with Gasteiger partial charge in [0, 0.05) is 36.5 Å². The molecule has 5 nitrogen and oxygen atoms in total. The Bertz CT molecular complexity index is 841. The van der Waals surface area contributed by atoms with Crippen LogP contribution in [0.25, 0.3) is 0 Å². The van der Waals surface area contributed by atoms with E-state index in [1.807, 2.05) is 13.0 Å². The number of para-hydroxylation sites is 1. The highest BCUT2D eigenvalue weighted by Gasteiger charge is 2.37. The lowest BCUT2D eigenvalue weighted by Crippen LogP contribution is -2.23. The third-order valence-corrected chi connectivity index (χ3v) is 4.65. The lowest BCUT2D eigenvalue weighted by atomic mass is 9.84. The number of rotatable bonds is 3. The van der Waals surface area contributed by atoms with Gasteiger partial charge in [-0.3, -0.25) is 5.10 Å². The van der Waals surface area contributed by atoms with E-state index in [1.165, 1.54) is 16.9 Å². The molecule has 0 atom stereocenters. The molecule has 0 amide bonds. The molecule has 3 rings (SSSR count). The van der Waals surface area contributed by atoms with Crippen molar-refractivity contribution >= 4 is 24.1 Å². The van der Waals surface area contributed by atoms with Crippen molar-refractivity contribution in [3.05, 3.63) is 52.2 Å². The summed E-state index contributed by atoms with van der Waals surface area (Å²) in [5.74, 6) is 0.826. The lowest BCUT2D eigenvalue weighted by molar-refractivity contribution is 0.641. The molecule has 0 aliphatic carbocycles. The van der Waals surface area contributed by atoms with Gasteiger partial charge < -0.3 is 4.90 Å². The van der Waals surface area contributed by atoms with Crippen LogP contribution >= 0.6 is 12.2 Å². The normalized spacial score (nSPS) is 18.1. The SMILES string of the molecule is CCc1n[nH]c(=S)n1/N=C/C=C1\N(C)c2ccccc2C1(C)C. The third-order valence-electron chi connectivity index (χ3n) is 4.39. The monoisotopic (exact) mass is 327 g/mol. The number of aromatic nitrogens is 3. The first-order valence-electron chi connectivity index (χ1n) is 7.71. The van der Waals surface area contributed by atoms with Gasteiger partial charge in [0.25, 0.3) is 0 Å². The predicted octanol–water partition coefficient (Wildman–Crippen LogP) is 3.65. The van der Waals surface area contributed by atoms with Crippen LogP contribution in [0.5, 0.6) is 0 Å². The molecule has 120 valence electrons. The molecule has 2 heterocycles. The summed E-state index contributed by atoms with van der Waals surface area (Å²) in [5.41, 5.74) is 3.72. The van der Waals surface area contributed by atoms with Crippen molar-refractivity contribution in [1.82, 2.24) is 14.9 Å². The lowest BCUT2D eigenvalue weighted by Gasteiger charge is -2.23. The molecule has 0 saturated carbocycles. The molecule has 23 heavy (non-hydrogen) atoms. The largest absolute Gasteiger partial charge is 0.347 e. The van der Waals surface area contributed by atoms with Gasteiger partial charge >= 0.3 is 0 Å². The van der Waals surface area contributed by atoms with Gasteiger partial charge in [-0.15, -0.1) is 0 Å². The molecule has 0 radical (unpaired) electrons. The number of likely N-dealkylation sites (N-methyl/N-ethyl adjacent to an activating group) is 1. The molecule has 1 aromatic carbocycles. The van der Waals surface area contributed by atoms with Gasteiger partial charge in [0.15, 0.2) is 5.82 Å². The zero-order chi connectivity index (χ0) is 16.6. The van der Waals surface area contributed by atoms with Crippen LogP contribution in [-0.2, 0) is 11.8 Å². The third kappa shape index (κ3) is 2.53. The molecular weight excluding hydrogens is 306 g/mol. The number of hydrogen-bond acceptors (Lipinski definition) is 4. The van der Waals surface area contributed by atoms with E-state index >= 15 is 0 Å². The van der Waals surface area contributed by atoms with Gasteiger partial charge in [0.2, 0.25) is 4.77 Å². The van der Waals surface area contributed by atoms with Crippen LogP contribution in [0.3, 0.4) is 0 Å². The van der Waals surface area contributed by atoms with E-state index in [4.69, 9.17) is 12.2 Å². The van der Waals surface area contributed by atoms with E-state index in [2.05, 4.69) is 65.4 Å². The minimum absolute atomic E-state index is 0.0528. The Kier molecular flexibility index (Phi) is 3.93. The average Bonchev–Trinajstić information content (AvgIpc) is 2.99. The van der Waals surface area contributed by atoms with Crippen LogP contribution in [0.4, 0.5) is 5.69 Å². The zero-order valence-electron chi connectivity index (χ0n) is 13.9. The molecule has 0 saturated heterocycles. The first-order valence-corrected chi connectivity index (χ1v) is 8.12. The fraction of sp³-hybridized carbons (Fsp3) is 0.353. The number of fused-ring (bicyclic) bond motifs is 1. The Balaban J connectivity index is 1.96.